The maximum atomic E-state index is 13.2. The first-order chi connectivity index (χ1) is 12.5. The second kappa shape index (κ2) is 7.64. The van der Waals surface area contributed by atoms with Crippen LogP contribution in [-0.4, -0.2) is 28.0 Å². The van der Waals surface area contributed by atoms with Crippen molar-refractivity contribution in [1.29, 1.82) is 0 Å². The molecule has 0 aliphatic carbocycles. The van der Waals surface area contributed by atoms with Crippen LogP contribution in [0.3, 0.4) is 0 Å². The molecule has 3 aromatic rings. The topological polar surface area (TPSA) is 77.0 Å². The van der Waals surface area contributed by atoms with Crippen molar-refractivity contribution in [3.8, 4) is 6.01 Å². The van der Waals surface area contributed by atoms with E-state index in [1.54, 1.807) is 18.3 Å². The molecule has 0 spiro atoms. The molecule has 0 fully saturated rings. The first-order valence-corrected chi connectivity index (χ1v) is 7.62. The van der Waals surface area contributed by atoms with Gasteiger partial charge >= 0.3 is 6.01 Å². The normalized spacial score (nSPS) is 10.4. The number of hydrogen-bond acceptors (Lipinski definition) is 5. The van der Waals surface area contributed by atoms with Crippen LogP contribution in [0.15, 0.2) is 48.8 Å². The highest BCUT2D eigenvalue weighted by molar-refractivity contribution is 6.02. The Labute approximate surface area is 147 Å². The molecule has 0 aliphatic heterocycles. The van der Waals surface area contributed by atoms with E-state index in [1.165, 1.54) is 25.4 Å². The zero-order chi connectivity index (χ0) is 18.5. The van der Waals surface area contributed by atoms with Gasteiger partial charge in [0.05, 0.1) is 7.11 Å². The molecule has 0 atom stereocenters. The van der Waals surface area contributed by atoms with Crippen molar-refractivity contribution in [2.45, 2.75) is 6.42 Å². The van der Waals surface area contributed by atoms with Crippen molar-refractivity contribution >= 4 is 11.7 Å². The fourth-order valence-corrected chi connectivity index (χ4v) is 2.23. The summed E-state index contributed by atoms with van der Waals surface area (Å²) in [5, 5.41) is 2.61. The number of carbonyl (C=O) groups excluding carboxylic acids is 1. The molecule has 6 nitrogen and oxygen atoms in total. The number of carbonyl (C=O) groups is 1. The van der Waals surface area contributed by atoms with E-state index in [9.17, 15) is 13.6 Å². The molecule has 132 valence electrons. The standard InChI is InChI=1S/C18H14F2N4O2/c1-26-18-21-7-6-15(23-18)17(25)24-16-5-3-12(10-22-16)8-11-2-4-13(19)14(20)9-11/h2-7,9-10H,8H2,1H3,(H,22,24,25). The monoisotopic (exact) mass is 356 g/mol. The van der Waals surface area contributed by atoms with Crippen LogP contribution in [0.2, 0.25) is 0 Å². The Morgan fingerprint density at radius 1 is 1.08 bits per heavy atom. The van der Waals surface area contributed by atoms with E-state index in [2.05, 4.69) is 20.3 Å². The zero-order valence-electron chi connectivity index (χ0n) is 13.7. The van der Waals surface area contributed by atoms with Gasteiger partial charge in [0.2, 0.25) is 0 Å². The molecule has 1 N–H and O–H groups in total. The van der Waals surface area contributed by atoms with Crippen LogP contribution >= 0.6 is 0 Å². The quantitative estimate of drug-likeness (QED) is 0.760. The van der Waals surface area contributed by atoms with Crippen LogP contribution in [0.25, 0.3) is 0 Å². The number of pyridine rings is 1. The van der Waals surface area contributed by atoms with Gasteiger partial charge in [0.15, 0.2) is 11.6 Å². The number of aromatic nitrogens is 3. The van der Waals surface area contributed by atoms with Crippen molar-refractivity contribution in [3.63, 3.8) is 0 Å². The molecule has 8 heteroatoms. The van der Waals surface area contributed by atoms with Gasteiger partial charge in [-0.25, -0.2) is 18.7 Å². The Bertz CT molecular complexity index is 933. The molecular formula is C18H14F2N4O2. The molecule has 3 rings (SSSR count). The van der Waals surface area contributed by atoms with Crippen molar-refractivity contribution in [1.82, 2.24) is 15.0 Å². The zero-order valence-corrected chi connectivity index (χ0v) is 13.7. The summed E-state index contributed by atoms with van der Waals surface area (Å²) in [6.45, 7) is 0. The third kappa shape index (κ3) is 4.15. The Hall–Kier alpha value is -3.42. The molecular weight excluding hydrogens is 342 g/mol. The summed E-state index contributed by atoms with van der Waals surface area (Å²) in [6.07, 6.45) is 3.36. The maximum absolute atomic E-state index is 13.2. The van der Waals surface area contributed by atoms with Crippen LogP contribution in [0, 0.1) is 11.6 Å². The average molecular weight is 356 g/mol. The lowest BCUT2D eigenvalue weighted by atomic mass is 10.1. The number of amides is 1. The van der Waals surface area contributed by atoms with Crippen molar-refractivity contribution < 1.29 is 18.3 Å². The average Bonchev–Trinajstić information content (AvgIpc) is 2.66. The Morgan fingerprint density at radius 3 is 2.58 bits per heavy atom. The van der Waals surface area contributed by atoms with E-state index < -0.39 is 17.5 Å². The van der Waals surface area contributed by atoms with Gasteiger partial charge in [-0.3, -0.25) is 4.79 Å². The van der Waals surface area contributed by atoms with Gasteiger partial charge in [-0.2, -0.15) is 4.98 Å². The summed E-state index contributed by atoms with van der Waals surface area (Å²) in [5.74, 6) is -1.89. The number of halogens is 2. The minimum absolute atomic E-state index is 0.0903. The minimum atomic E-state index is -0.889. The van der Waals surface area contributed by atoms with Crippen molar-refractivity contribution in [2.75, 3.05) is 12.4 Å². The number of nitrogens with one attached hydrogen (secondary N) is 1. The van der Waals surface area contributed by atoms with E-state index in [1.807, 2.05) is 0 Å². The number of ether oxygens (including phenoxy) is 1. The van der Waals surface area contributed by atoms with Gasteiger partial charge in [-0.1, -0.05) is 12.1 Å². The smallest absolute Gasteiger partial charge is 0.316 e. The second-order valence-corrected chi connectivity index (χ2v) is 5.36. The van der Waals surface area contributed by atoms with Crippen LogP contribution in [0.4, 0.5) is 14.6 Å². The molecule has 1 amide bonds. The number of nitrogens with zero attached hydrogens (tertiary/aromatic N) is 3. The summed E-state index contributed by atoms with van der Waals surface area (Å²) < 4.78 is 31.1. The van der Waals surface area contributed by atoms with Gasteiger partial charge in [0.25, 0.3) is 5.91 Å². The van der Waals surface area contributed by atoms with E-state index in [0.29, 0.717) is 17.8 Å². The highest BCUT2D eigenvalue weighted by atomic mass is 19.2. The Kier molecular flexibility index (Phi) is 5.12. The predicted octanol–water partition coefficient (Wildman–Crippen LogP) is 3.00. The molecule has 0 saturated heterocycles. The van der Waals surface area contributed by atoms with Crippen LogP contribution < -0.4 is 10.1 Å². The lowest BCUT2D eigenvalue weighted by Gasteiger charge is -2.06. The fraction of sp³-hybridized carbons (Fsp3) is 0.111. The molecule has 2 aromatic heterocycles. The summed E-state index contributed by atoms with van der Waals surface area (Å²) in [4.78, 5) is 24.1. The first kappa shape index (κ1) is 17.4. The molecule has 0 aliphatic rings. The minimum Gasteiger partial charge on any atom is -0.467 e. The molecule has 26 heavy (non-hydrogen) atoms. The molecule has 0 saturated carbocycles. The fourth-order valence-electron chi connectivity index (χ4n) is 2.23. The van der Waals surface area contributed by atoms with Gasteiger partial charge in [0, 0.05) is 12.4 Å². The highest BCUT2D eigenvalue weighted by Crippen LogP contribution is 2.14. The number of rotatable bonds is 5. The van der Waals surface area contributed by atoms with Gasteiger partial charge in [-0.05, 0) is 41.8 Å². The second-order valence-electron chi connectivity index (χ2n) is 5.36. The highest BCUT2D eigenvalue weighted by Gasteiger charge is 2.10. The molecule has 1 aromatic carbocycles. The summed E-state index contributed by atoms with van der Waals surface area (Å²) in [6, 6.07) is 8.64. The SMILES string of the molecule is COc1nccc(C(=O)Nc2ccc(Cc3ccc(F)c(F)c3)cn2)n1. The third-order valence-corrected chi connectivity index (χ3v) is 3.51. The number of anilines is 1. The van der Waals surface area contributed by atoms with Crippen molar-refractivity contribution in [2.24, 2.45) is 0 Å². The maximum Gasteiger partial charge on any atom is 0.316 e. The number of hydrogen-bond donors (Lipinski definition) is 1. The van der Waals surface area contributed by atoms with E-state index in [4.69, 9.17) is 4.74 Å². The largest absolute Gasteiger partial charge is 0.467 e. The van der Waals surface area contributed by atoms with Gasteiger partial charge in [-0.15, -0.1) is 0 Å². The lowest BCUT2D eigenvalue weighted by molar-refractivity contribution is 0.102. The molecule has 2 heterocycles. The third-order valence-electron chi connectivity index (χ3n) is 3.51. The summed E-state index contributed by atoms with van der Waals surface area (Å²) in [7, 11) is 1.41. The van der Waals surface area contributed by atoms with Crippen LogP contribution in [0.1, 0.15) is 21.6 Å². The molecule has 0 unspecified atom stereocenters. The van der Waals surface area contributed by atoms with Crippen molar-refractivity contribution in [3.05, 3.63) is 77.2 Å². The van der Waals surface area contributed by atoms with E-state index in [-0.39, 0.29) is 11.7 Å². The van der Waals surface area contributed by atoms with Crippen LogP contribution in [0.5, 0.6) is 6.01 Å². The van der Waals surface area contributed by atoms with E-state index >= 15 is 0 Å². The van der Waals surface area contributed by atoms with E-state index in [0.717, 1.165) is 17.7 Å². The Balaban J connectivity index is 1.67. The lowest BCUT2D eigenvalue weighted by Crippen LogP contribution is -2.15. The first-order valence-electron chi connectivity index (χ1n) is 7.62. The number of benzene rings is 1. The summed E-state index contributed by atoms with van der Waals surface area (Å²) in [5.41, 5.74) is 1.55. The van der Waals surface area contributed by atoms with Crippen LogP contribution in [-0.2, 0) is 6.42 Å². The predicted molar refractivity (Wildman–Crippen MR) is 89.9 cm³/mol. The van der Waals surface area contributed by atoms with Gasteiger partial charge in [0.1, 0.15) is 11.5 Å². The number of methoxy groups -OCH3 is 1. The molecule has 0 bridgehead atoms. The summed E-state index contributed by atoms with van der Waals surface area (Å²) >= 11 is 0. The van der Waals surface area contributed by atoms with Gasteiger partial charge < -0.3 is 10.1 Å². The molecule has 0 radical (unpaired) electrons. The Morgan fingerprint density at radius 2 is 1.88 bits per heavy atom.